The van der Waals surface area contributed by atoms with Crippen molar-refractivity contribution in [2.75, 3.05) is 5.75 Å². The second kappa shape index (κ2) is 7.66. The largest absolute Gasteiger partial charge is 0.491 e. The second-order valence-electron chi connectivity index (χ2n) is 7.75. The van der Waals surface area contributed by atoms with Gasteiger partial charge < -0.3 is 9.31 Å². The van der Waals surface area contributed by atoms with Gasteiger partial charge in [0, 0.05) is 16.9 Å². The third-order valence-corrected chi connectivity index (χ3v) is 5.69. The SMILES string of the molecule is CC1(C)OB(C(=Cc2ccccc2C(=O)c2ccccc2)CS)OC1(C)C. The van der Waals surface area contributed by atoms with Crippen LogP contribution in [-0.2, 0) is 9.31 Å². The standard InChI is InChI=1S/C22H25BO3S/c1-21(2)22(3,4)26-23(25-21)18(15-27)14-17-12-8-9-13-19(17)20(24)16-10-6-5-7-11-16/h5-14,27H,15H2,1-4H3. The normalized spacial score (nSPS) is 18.6. The predicted octanol–water partition coefficient (Wildman–Crippen LogP) is 4.86. The highest BCUT2D eigenvalue weighted by Crippen LogP contribution is 2.39. The fourth-order valence-corrected chi connectivity index (χ4v) is 3.20. The van der Waals surface area contributed by atoms with E-state index in [9.17, 15) is 4.79 Å². The lowest BCUT2D eigenvalue weighted by atomic mass is 9.77. The van der Waals surface area contributed by atoms with Crippen LogP contribution in [0.25, 0.3) is 6.08 Å². The predicted molar refractivity (Wildman–Crippen MR) is 114 cm³/mol. The first kappa shape index (κ1) is 19.9. The Bertz CT molecular complexity index is 843. The Hall–Kier alpha value is -1.82. The molecule has 0 bridgehead atoms. The van der Waals surface area contributed by atoms with E-state index in [1.165, 1.54) is 0 Å². The molecule has 0 saturated carbocycles. The van der Waals surface area contributed by atoms with Gasteiger partial charge in [-0.05, 0) is 38.7 Å². The average molecular weight is 380 g/mol. The van der Waals surface area contributed by atoms with Crippen molar-refractivity contribution in [1.29, 1.82) is 0 Å². The third-order valence-electron chi connectivity index (χ3n) is 5.32. The van der Waals surface area contributed by atoms with Crippen molar-refractivity contribution >= 4 is 31.6 Å². The summed E-state index contributed by atoms with van der Waals surface area (Å²) < 4.78 is 12.3. The van der Waals surface area contributed by atoms with Gasteiger partial charge >= 0.3 is 7.12 Å². The smallest absolute Gasteiger partial charge is 0.400 e. The number of carbonyl (C=O) groups excluding carboxylic acids is 1. The van der Waals surface area contributed by atoms with Gasteiger partial charge in [0.15, 0.2) is 5.78 Å². The molecule has 0 radical (unpaired) electrons. The highest BCUT2D eigenvalue weighted by atomic mass is 32.1. The summed E-state index contributed by atoms with van der Waals surface area (Å²) in [5.74, 6) is 0.472. The zero-order valence-electron chi connectivity index (χ0n) is 16.2. The minimum absolute atomic E-state index is 0.00474. The summed E-state index contributed by atoms with van der Waals surface area (Å²) in [6.07, 6.45) is 1.96. The zero-order valence-corrected chi connectivity index (χ0v) is 17.1. The number of hydrogen-bond acceptors (Lipinski definition) is 4. The summed E-state index contributed by atoms with van der Waals surface area (Å²) in [6.45, 7) is 8.10. The molecule has 0 atom stereocenters. The minimum atomic E-state index is -0.479. The summed E-state index contributed by atoms with van der Waals surface area (Å²) in [5.41, 5.74) is 2.22. The molecule has 1 aliphatic heterocycles. The van der Waals surface area contributed by atoms with Crippen LogP contribution in [-0.4, -0.2) is 29.9 Å². The molecule has 27 heavy (non-hydrogen) atoms. The molecule has 0 N–H and O–H groups in total. The number of thiol groups is 1. The summed E-state index contributed by atoms with van der Waals surface area (Å²) in [4.78, 5) is 13.0. The lowest BCUT2D eigenvalue weighted by Crippen LogP contribution is -2.41. The van der Waals surface area contributed by atoms with Crippen molar-refractivity contribution < 1.29 is 14.1 Å². The minimum Gasteiger partial charge on any atom is -0.400 e. The van der Waals surface area contributed by atoms with Crippen LogP contribution >= 0.6 is 12.6 Å². The van der Waals surface area contributed by atoms with Gasteiger partial charge in [0.1, 0.15) is 0 Å². The van der Waals surface area contributed by atoms with E-state index in [0.717, 1.165) is 11.0 Å². The maximum Gasteiger partial charge on any atom is 0.491 e. The molecule has 0 amide bonds. The van der Waals surface area contributed by atoms with E-state index in [4.69, 9.17) is 9.31 Å². The molecule has 1 aliphatic rings. The van der Waals surface area contributed by atoms with Crippen LogP contribution in [0.2, 0.25) is 0 Å². The summed E-state index contributed by atoms with van der Waals surface area (Å²) in [7, 11) is -0.479. The van der Waals surface area contributed by atoms with E-state index in [0.29, 0.717) is 16.9 Å². The summed E-state index contributed by atoms with van der Waals surface area (Å²) in [5, 5.41) is 0. The molecule has 0 spiro atoms. The second-order valence-corrected chi connectivity index (χ2v) is 8.06. The molecule has 1 fully saturated rings. The first-order valence-corrected chi connectivity index (χ1v) is 9.74. The van der Waals surface area contributed by atoms with Crippen molar-refractivity contribution in [3.8, 4) is 0 Å². The zero-order chi connectivity index (χ0) is 19.7. The fourth-order valence-electron chi connectivity index (χ4n) is 2.96. The van der Waals surface area contributed by atoms with Crippen LogP contribution in [0, 0.1) is 0 Å². The molecule has 3 rings (SSSR count). The summed E-state index contributed by atoms with van der Waals surface area (Å²) >= 11 is 4.48. The number of ketones is 1. The number of rotatable bonds is 5. The van der Waals surface area contributed by atoms with E-state index in [-0.39, 0.29) is 5.78 Å². The van der Waals surface area contributed by atoms with Gasteiger partial charge in [-0.2, -0.15) is 12.6 Å². The highest BCUT2D eigenvalue weighted by molar-refractivity contribution is 7.80. The number of carbonyl (C=O) groups is 1. The molecule has 5 heteroatoms. The maximum atomic E-state index is 13.0. The van der Waals surface area contributed by atoms with Crippen molar-refractivity contribution in [2.45, 2.75) is 38.9 Å². The van der Waals surface area contributed by atoms with Crippen molar-refractivity contribution in [1.82, 2.24) is 0 Å². The van der Waals surface area contributed by atoms with Crippen LogP contribution < -0.4 is 0 Å². The highest BCUT2D eigenvalue weighted by Gasteiger charge is 2.52. The van der Waals surface area contributed by atoms with E-state index in [1.54, 1.807) is 0 Å². The molecule has 140 valence electrons. The molecule has 1 saturated heterocycles. The molecular formula is C22H25BO3S. The maximum absolute atomic E-state index is 13.0. The Morgan fingerprint density at radius 1 is 0.963 bits per heavy atom. The van der Waals surface area contributed by atoms with Gasteiger partial charge in [-0.3, -0.25) is 4.79 Å². The Balaban J connectivity index is 1.96. The number of benzene rings is 2. The quantitative estimate of drug-likeness (QED) is 0.457. The molecule has 0 aromatic heterocycles. The van der Waals surface area contributed by atoms with Gasteiger partial charge in [-0.25, -0.2) is 0 Å². The molecule has 0 unspecified atom stereocenters. The van der Waals surface area contributed by atoms with Crippen molar-refractivity contribution in [3.05, 3.63) is 76.8 Å². The molecule has 0 aliphatic carbocycles. The van der Waals surface area contributed by atoms with E-state index < -0.39 is 18.3 Å². The van der Waals surface area contributed by atoms with Crippen molar-refractivity contribution in [3.63, 3.8) is 0 Å². The first-order chi connectivity index (χ1) is 12.7. The van der Waals surface area contributed by atoms with Crippen LogP contribution in [0.5, 0.6) is 0 Å². The Kier molecular flexibility index (Phi) is 5.66. The number of hydrogen-bond donors (Lipinski definition) is 1. The van der Waals surface area contributed by atoms with Gasteiger partial charge in [-0.15, -0.1) is 0 Å². The van der Waals surface area contributed by atoms with Crippen molar-refractivity contribution in [2.24, 2.45) is 0 Å². The van der Waals surface area contributed by atoms with Gasteiger partial charge in [0.2, 0.25) is 0 Å². The molecule has 2 aromatic carbocycles. The topological polar surface area (TPSA) is 35.5 Å². The van der Waals surface area contributed by atoms with Gasteiger partial charge in [0.25, 0.3) is 0 Å². The van der Waals surface area contributed by atoms with Gasteiger partial charge in [0.05, 0.1) is 11.2 Å². The van der Waals surface area contributed by atoms with E-state index >= 15 is 0 Å². The van der Waals surface area contributed by atoms with Gasteiger partial charge in [-0.1, -0.05) is 60.7 Å². The fraction of sp³-hybridized carbons (Fsp3) is 0.318. The first-order valence-electron chi connectivity index (χ1n) is 9.11. The Labute approximate surface area is 167 Å². The molecule has 1 heterocycles. The van der Waals surface area contributed by atoms with Crippen LogP contribution in [0.4, 0.5) is 0 Å². The van der Waals surface area contributed by atoms with Crippen LogP contribution in [0.1, 0.15) is 49.2 Å². The average Bonchev–Trinajstić information content (AvgIpc) is 2.87. The van der Waals surface area contributed by atoms with E-state index in [1.807, 2.05) is 88.4 Å². The molecule has 2 aromatic rings. The Morgan fingerprint density at radius 3 is 2.11 bits per heavy atom. The van der Waals surface area contributed by atoms with E-state index in [2.05, 4.69) is 12.6 Å². The lowest BCUT2D eigenvalue weighted by molar-refractivity contribution is 0.00578. The summed E-state index contributed by atoms with van der Waals surface area (Å²) in [6, 6.07) is 16.9. The Morgan fingerprint density at radius 2 is 1.52 bits per heavy atom. The molecule has 3 nitrogen and oxygen atoms in total. The molecular weight excluding hydrogens is 355 g/mol. The van der Waals surface area contributed by atoms with Crippen LogP contribution in [0.15, 0.2) is 60.1 Å². The third kappa shape index (κ3) is 4.05. The lowest BCUT2D eigenvalue weighted by Gasteiger charge is -2.32. The van der Waals surface area contributed by atoms with Crippen LogP contribution in [0.3, 0.4) is 0 Å². The monoisotopic (exact) mass is 380 g/mol.